The van der Waals surface area contributed by atoms with Crippen LogP contribution < -0.4 is 11.3 Å². The summed E-state index contributed by atoms with van der Waals surface area (Å²) in [6.45, 7) is 2.11. The van der Waals surface area contributed by atoms with Gasteiger partial charge < -0.3 is 4.42 Å². The molecule has 1 fully saturated rings. The molecule has 0 radical (unpaired) electrons. The van der Waals surface area contributed by atoms with Gasteiger partial charge in [-0.1, -0.05) is 43.7 Å². The van der Waals surface area contributed by atoms with E-state index in [0.717, 1.165) is 11.3 Å². The molecule has 0 aliphatic heterocycles. The van der Waals surface area contributed by atoms with Gasteiger partial charge in [-0.15, -0.1) is 0 Å². The number of furan rings is 1. The molecule has 21 heavy (non-hydrogen) atoms. The summed E-state index contributed by atoms with van der Waals surface area (Å²) in [5, 5.41) is 1.18. The molecule has 1 heterocycles. The molecule has 1 aliphatic carbocycles. The van der Waals surface area contributed by atoms with Crippen LogP contribution in [0, 0.1) is 12.8 Å². The fourth-order valence-corrected chi connectivity index (χ4v) is 3.61. The summed E-state index contributed by atoms with van der Waals surface area (Å²) < 4.78 is 6.06. The van der Waals surface area contributed by atoms with E-state index in [1.54, 1.807) is 0 Å². The lowest BCUT2D eigenvalue weighted by Gasteiger charge is -2.26. The first kappa shape index (κ1) is 14.6. The molecule has 1 unspecified atom stereocenters. The molecule has 1 aliphatic rings. The zero-order chi connectivity index (χ0) is 14.7. The second kappa shape index (κ2) is 6.63. The topological polar surface area (TPSA) is 51.2 Å². The van der Waals surface area contributed by atoms with E-state index in [1.807, 2.05) is 0 Å². The van der Waals surface area contributed by atoms with Crippen molar-refractivity contribution in [2.45, 2.75) is 57.9 Å². The lowest BCUT2D eigenvalue weighted by molar-refractivity contribution is 0.263. The van der Waals surface area contributed by atoms with Crippen molar-refractivity contribution < 1.29 is 4.42 Å². The highest BCUT2D eigenvalue weighted by Gasteiger charge is 2.25. The van der Waals surface area contributed by atoms with Gasteiger partial charge >= 0.3 is 0 Å². The van der Waals surface area contributed by atoms with E-state index in [1.165, 1.54) is 55.9 Å². The molecule has 2 aromatic rings. The molecule has 1 aromatic heterocycles. The monoisotopic (exact) mass is 286 g/mol. The van der Waals surface area contributed by atoms with Crippen LogP contribution in [0.5, 0.6) is 0 Å². The first-order valence-electron chi connectivity index (χ1n) is 8.24. The van der Waals surface area contributed by atoms with Gasteiger partial charge in [-0.05, 0) is 43.9 Å². The van der Waals surface area contributed by atoms with Crippen molar-refractivity contribution in [3.8, 4) is 0 Å². The average Bonchev–Trinajstić information content (AvgIpc) is 2.84. The quantitative estimate of drug-likeness (QED) is 0.640. The van der Waals surface area contributed by atoms with Crippen LogP contribution in [0.3, 0.4) is 0 Å². The predicted molar refractivity (Wildman–Crippen MR) is 86.8 cm³/mol. The van der Waals surface area contributed by atoms with Gasteiger partial charge in [0.15, 0.2) is 0 Å². The minimum atomic E-state index is 0.135. The zero-order valence-corrected chi connectivity index (χ0v) is 12.9. The molecule has 0 saturated heterocycles. The van der Waals surface area contributed by atoms with E-state index in [2.05, 4.69) is 36.6 Å². The number of hydrogen-bond donors (Lipinski definition) is 2. The molecule has 0 amide bonds. The summed E-state index contributed by atoms with van der Waals surface area (Å²) in [7, 11) is 0. The number of nitrogens with two attached hydrogens (primary N) is 1. The van der Waals surface area contributed by atoms with Crippen LogP contribution >= 0.6 is 0 Å². The molecule has 3 N–H and O–H groups in total. The third kappa shape index (κ3) is 3.30. The van der Waals surface area contributed by atoms with Gasteiger partial charge in [-0.2, -0.15) is 0 Å². The lowest BCUT2D eigenvalue weighted by atomic mass is 9.85. The number of aryl methyl sites for hydroxylation is 1. The smallest absolute Gasteiger partial charge is 0.134 e. The fourth-order valence-electron chi connectivity index (χ4n) is 3.61. The van der Waals surface area contributed by atoms with Crippen molar-refractivity contribution in [2.24, 2.45) is 11.8 Å². The van der Waals surface area contributed by atoms with E-state index in [4.69, 9.17) is 10.3 Å². The average molecular weight is 286 g/mol. The maximum atomic E-state index is 6.06. The maximum absolute atomic E-state index is 6.06. The molecule has 0 spiro atoms. The van der Waals surface area contributed by atoms with Crippen LogP contribution in [-0.2, 0) is 0 Å². The van der Waals surface area contributed by atoms with E-state index in [-0.39, 0.29) is 6.04 Å². The van der Waals surface area contributed by atoms with Gasteiger partial charge in [0.1, 0.15) is 11.3 Å². The third-order valence-corrected chi connectivity index (χ3v) is 4.80. The summed E-state index contributed by atoms with van der Waals surface area (Å²) in [6.07, 6.45) is 9.19. The van der Waals surface area contributed by atoms with Gasteiger partial charge in [0, 0.05) is 5.39 Å². The SMILES string of the molecule is Cc1ccc2oc(C(NN)C3CCCCCCC3)cc2c1. The minimum Gasteiger partial charge on any atom is -0.459 e. The Balaban J connectivity index is 1.85. The zero-order valence-electron chi connectivity index (χ0n) is 12.9. The van der Waals surface area contributed by atoms with Crippen molar-refractivity contribution in [2.75, 3.05) is 0 Å². The highest BCUT2D eigenvalue weighted by atomic mass is 16.3. The molecule has 114 valence electrons. The summed E-state index contributed by atoms with van der Waals surface area (Å²) in [5.74, 6) is 7.44. The Bertz CT molecular complexity index is 582. The maximum Gasteiger partial charge on any atom is 0.134 e. The molecule has 3 nitrogen and oxygen atoms in total. The van der Waals surface area contributed by atoms with Crippen LogP contribution in [0.15, 0.2) is 28.7 Å². The molecular weight excluding hydrogens is 260 g/mol. The largest absolute Gasteiger partial charge is 0.459 e. The minimum absolute atomic E-state index is 0.135. The third-order valence-electron chi connectivity index (χ3n) is 4.80. The fraction of sp³-hybridized carbons (Fsp3) is 0.556. The summed E-state index contributed by atoms with van der Waals surface area (Å²) in [5.41, 5.74) is 5.24. The van der Waals surface area contributed by atoms with Crippen LogP contribution in [0.2, 0.25) is 0 Å². The Hall–Kier alpha value is -1.32. The molecule has 1 saturated carbocycles. The van der Waals surface area contributed by atoms with Crippen molar-refractivity contribution in [3.63, 3.8) is 0 Å². The Morgan fingerprint density at radius 1 is 1.10 bits per heavy atom. The molecule has 3 rings (SSSR count). The number of nitrogens with one attached hydrogen (secondary N) is 1. The standard InChI is InChI=1S/C18H26N2O/c1-13-9-10-16-15(11-13)12-17(21-16)18(20-19)14-7-5-3-2-4-6-8-14/h9-12,14,18,20H,2-8,19H2,1H3. The van der Waals surface area contributed by atoms with Crippen LogP contribution in [-0.4, -0.2) is 0 Å². The Kier molecular flexibility index (Phi) is 4.61. The van der Waals surface area contributed by atoms with Crippen molar-refractivity contribution in [1.82, 2.24) is 5.43 Å². The number of fused-ring (bicyclic) bond motifs is 1. The lowest BCUT2D eigenvalue weighted by Crippen LogP contribution is -2.33. The van der Waals surface area contributed by atoms with Crippen molar-refractivity contribution in [3.05, 3.63) is 35.6 Å². The highest BCUT2D eigenvalue weighted by molar-refractivity contribution is 5.78. The van der Waals surface area contributed by atoms with E-state index in [0.29, 0.717) is 5.92 Å². The Labute approximate surface area is 126 Å². The van der Waals surface area contributed by atoms with Crippen molar-refractivity contribution >= 4 is 11.0 Å². The summed E-state index contributed by atoms with van der Waals surface area (Å²) >= 11 is 0. The highest BCUT2D eigenvalue weighted by Crippen LogP contribution is 2.35. The number of hydrazine groups is 1. The van der Waals surface area contributed by atoms with Crippen LogP contribution in [0.4, 0.5) is 0 Å². The van der Waals surface area contributed by atoms with Gasteiger partial charge in [-0.3, -0.25) is 5.84 Å². The van der Waals surface area contributed by atoms with E-state index < -0.39 is 0 Å². The van der Waals surface area contributed by atoms with Crippen molar-refractivity contribution in [1.29, 1.82) is 0 Å². The van der Waals surface area contributed by atoms with Gasteiger partial charge in [0.05, 0.1) is 6.04 Å². The van der Waals surface area contributed by atoms with Gasteiger partial charge in [0.2, 0.25) is 0 Å². The second-order valence-corrected chi connectivity index (χ2v) is 6.44. The number of benzene rings is 1. The molecule has 1 atom stereocenters. The van der Waals surface area contributed by atoms with Crippen LogP contribution in [0.1, 0.15) is 62.3 Å². The summed E-state index contributed by atoms with van der Waals surface area (Å²) in [4.78, 5) is 0. The summed E-state index contributed by atoms with van der Waals surface area (Å²) in [6, 6.07) is 8.62. The Morgan fingerprint density at radius 3 is 2.52 bits per heavy atom. The second-order valence-electron chi connectivity index (χ2n) is 6.44. The van der Waals surface area contributed by atoms with Gasteiger partial charge in [-0.25, -0.2) is 5.43 Å². The first-order chi connectivity index (χ1) is 10.3. The number of rotatable bonds is 3. The molecular formula is C18H26N2O. The number of hydrogen-bond acceptors (Lipinski definition) is 3. The van der Waals surface area contributed by atoms with Crippen LogP contribution in [0.25, 0.3) is 11.0 Å². The van der Waals surface area contributed by atoms with E-state index >= 15 is 0 Å². The molecule has 0 bridgehead atoms. The predicted octanol–water partition coefficient (Wildman–Crippen LogP) is 4.61. The Morgan fingerprint density at radius 2 is 1.81 bits per heavy atom. The normalized spacial score (nSPS) is 19.3. The van der Waals surface area contributed by atoms with Gasteiger partial charge in [0.25, 0.3) is 0 Å². The molecule has 3 heteroatoms. The molecule has 1 aromatic carbocycles. The van der Waals surface area contributed by atoms with E-state index in [9.17, 15) is 0 Å². The first-order valence-corrected chi connectivity index (χ1v) is 8.24.